The fourth-order valence-corrected chi connectivity index (χ4v) is 5.42. The van der Waals surface area contributed by atoms with Crippen LogP contribution in [0.4, 0.5) is 17.1 Å². The molecule has 42 heavy (non-hydrogen) atoms. The second-order valence-corrected chi connectivity index (χ2v) is 11.3. The van der Waals surface area contributed by atoms with E-state index in [9.17, 15) is 19.8 Å². The first-order valence-corrected chi connectivity index (χ1v) is 15.3. The number of amides is 2. The lowest BCUT2D eigenvalue weighted by molar-refractivity contribution is -0.245. The van der Waals surface area contributed by atoms with Crippen molar-refractivity contribution in [2.45, 2.75) is 57.2 Å². The van der Waals surface area contributed by atoms with Gasteiger partial charge in [-0.2, -0.15) is 11.8 Å². The highest BCUT2D eigenvalue weighted by atomic mass is 32.2. The highest BCUT2D eigenvalue weighted by molar-refractivity contribution is 7.99. The van der Waals surface area contributed by atoms with Crippen LogP contribution in [-0.4, -0.2) is 46.2 Å². The molecule has 224 valence electrons. The van der Waals surface area contributed by atoms with E-state index in [2.05, 4.69) is 10.6 Å². The number of ether oxygens (including phenoxy) is 2. The van der Waals surface area contributed by atoms with Gasteiger partial charge in [-0.05, 0) is 48.2 Å². The zero-order valence-corrected chi connectivity index (χ0v) is 24.4. The minimum Gasteiger partial charge on any atom is -0.397 e. The minimum absolute atomic E-state index is 0.0112. The molecule has 4 rings (SSSR count). The van der Waals surface area contributed by atoms with Crippen molar-refractivity contribution in [3.63, 3.8) is 0 Å². The van der Waals surface area contributed by atoms with E-state index in [1.54, 1.807) is 23.9 Å². The molecule has 9 nitrogen and oxygen atoms in total. The summed E-state index contributed by atoms with van der Waals surface area (Å²) in [5.74, 6) is 1.13. The number of hydrogen-bond acceptors (Lipinski definition) is 8. The molecule has 0 aliphatic carbocycles. The summed E-state index contributed by atoms with van der Waals surface area (Å²) in [6.45, 7) is 0.110. The maximum atomic E-state index is 12.5. The fraction of sp³-hybridized carbons (Fsp3) is 0.375. The topological polar surface area (TPSA) is 143 Å². The second kappa shape index (κ2) is 16.3. The van der Waals surface area contributed by atoms with Crippen LogP contribution in [0.15, 0.2) is 72.8 Å². The molecule has 1 heterocycles. The molecular formula is C32H39N3O6S. The van der Waals surface area contributed by atoms with E-state index in [1.165, 1.54) is 0 Å². The van der Waals surface area contributed by atoms with Crippen LogP contribution in [0.25, 0.3) is 0 Å². The highest BCUT2D eigenvalue weighted by Gasteiger charge is 2.32. The van der Waals surface area contributed by atoms with Crippen LogP contribution in [-0.2, 0) is 25.7 Å². The third kappa shape index (κ3) is 9.57. The number of nitrogen functional groups attached to an aromatic ring is 1. The van der Waals surface area contributed by atoms with Crippen molar-refractivity contribution >= 4 is 40.6 Å². The van der Waals surface area contributed by atoms with Crippen molar-refractivity contribution in [3.05, 3.63) is 89.5 Å². The van der Waals surface area contributed by atoms with Gasteiger partial charge in [-0.1, -0.05) is 48.5 Å². The summed E-state index contributed by atoms with van der Waals surface area (Å²) in [6, 6.07) is 22.3. The summed E-state index contributed by atoms with van der Waals surface area (Å²) >= 11 is 1.64. The number of nitrogens with two attached hydrogens (primary N) is 1. The normalized spacial score (nSPS) is 18.4. The molecule has 0 aromatic heterocycles. The largest absolute Gasteiger partial charge is 0.397 e. The lowest BCUT2D eigenvalue weighted by atomic mass is 10.0. The summed E-state index contributed by atoms with van der Waals surface area (Å²) in [6.07, 6.45) is 1.65. The fourth-order valence-electron chi connectivity index (χ4n) is 4.64. The number of aliphatic hydroxyl groups is 2. The van der Waals surface area contributed by atoms with Crippen LogP contribution < -0.4 is 16.4 Å². The van der Waals surface area contributed by atoms with E-state index in [-0.39, 0.29) is 37.2 Å². The molecule has 3 atom stereocenters. The van der Waals surface area contributed by atoms with E-state index >= 15 is 0 Å². The summed E-state index contributed by atoms with van der Waals surface area (Å²) in [7, 11) is 0. The number of aliphatic hydroxyl groups excluding tert-OH is 2. The molecule has 1 aliphatic rings. The molecule has 6 N–H and O–H groups in total. The number of hydrogen-bond donors (Lipinski definition) is 5. The standard InChI is InChI=1S/C32H39N3O6S/c33-27-5-1-2-6-28(27)35-31(39)8-4-3-7-30(38)34-25-15-13-24(14-16-25)32-40-26(21-42-18-17-36)19-29(41-32)23-11-9-22(20-37)10-12-23/h1-2,5-6,9-16,26,29,32,36-37H,3-4,7-8,17-21,33H2,(H,34,38)(H,35,39)/t26-,29+,32+/m0/s1. The van der Waals surface area contributed by atoms with E-state index in [1.807, 2.05) is 60.7 Å². The van der Waals surface area contributed by atoms with E-state index in [0.717, 1.165) is 22.4 Å². The number of para-hydroxylation sites is 2. The quantitative estimate of drug-likeness (QED) is 0.127. The van der Waals surface area contributed by atoms with E-state index < -0.39 is 6.29 Å². The Labute approximate surface area is 250 Å². The van der Waals surface area contributed by atoms with Gasteiger partial charge >= 0.3 is 0 Å². The Balaban J connectivity index is 1.27. The Morgan fingerprint density at radius 1 is 0.857 bits per heavy atom. The first kappa shape index (κ1) is 31.5. The maximum Gasteiger partial charge on any atom is 0.224 e. The Morgan fingerprint density at radius 3 is 2.19 bits per heavy atom. The van der Waals surface area contributed by atoms with Crippen LogP contribution >= 0.6 is 11.8 Å². The Hall–Kier alpha value is -3.41. The van der Waals surface area contributed by atoms with Gasteiger partial charge in [0.05, 0.1) is 36.8 Å². The van der Waals surface area contributed by atoms with E-state index in [0.29, 0.717) is 54.9 Å². The second-order valence-electron chi connectivity index (χ2n) is 10.2. The summed E-state index contributed by atoms with van der Waals surface area (Å²) in [5.41, 5.74) is 10.3. The van der Waals surface area contributed by atoms with Gasteiger partial charge in [-0.15, -0.1) is 0 Å². The molecule has 0 spiro atoms. The van der Waals surface area contributed by atoms with Gasteiger partial charge in [-0.25, -0.2) is 0 Å². The molecule has 3 aromatic rings. The zero-order chi connectivity index (χ0) is 29.7. The third-order valence-corrected chi connectivity index (χ3v) is 7.99. The molecule has 0 bridgehead atoms. The van der Waals surface area contributed by atoms with Crippen LogP contribution in [0.5, 0.6) is 0 Å². The van der Waals surface area contributed by atoms with Crippen molar-refractivity contribution in [3.8, 4) is 0 Å². The van der Waals surface area contributed by atoms with Crippen LogP contribution in [0.1, 0.15) is 61.2 Å². The molecular weight excluding hydrogens is 554 g/mol. The van der Waals surface area contributed by atoms with Gasteiger partial charge in [0.25, 0.3) is 0 Å². The molecule has 10 heteroatoms. The van der Waals surface area contributed by atoms with Gasteiger partial charge in [-0.3, -0.25) is 9.59 Å². The number of carbonyl (C=O) groups is 2. The third-order valence-electron chi connectivity index (χ3n) is 6.91. The summed E-state index contributed by atoms with van der Waals surface area (Å²) in [4.78, 5) is 24.6. The number of rotatable bonds is 14. The van der Waals surface area contributed by atoms with Gasteiger partial charge in [0.1, 0.15) is 0 Å². The number of nitrogens with one attached hydrogen (secondary N) is 2. The molecule has 0 radical (unpaired) electrons. The summed E-state index contributed by atoms with van der Waals surface area (Å²) in [5, 5.41) is 24.3. The molecule has 1 aliphatic heterocycles. The lowest BCUT2D eigenvalue weighted by Gasteiger charge is -2.36. The number of thioether (sulfide) groups is 1. The Bertz CT molecular complexity index is 1290. The molecule has 1 saturated heterocycles. The molecule has 0 unspecified atom stereocenters. The van der Waals surface area contributed by atoms with Crippen LogP contribution in [0.3, 0.4) is 0 Å². The lowest BCUT2D eigenvalue weighted by Crippen LogP contribution is -2.31. The number of carbonyl (C=O) groups excluding carboxylic acids is 2. The van der Waals surface area contributed by atoms with E-state index in [4.69, 9.17) is 15.2 Å². The van der Waals surface area contributed by atoms with Crippen LogP contribution in [0, 0.1) is 0 Å². The predicted molar refractivity (Wildman–Crippen MR) is 166 cm³/mol. The smallest absolute Gasteiger partial charge is 0.224 e. The van der Waals surface area contributed by atoms with Gasteiger partial charge in [0.2, 0.25) is 11.8 Å². The van der Waals surface area contributed by atoms with Gasteiger partial charge in [0.15, 0.2) is 6.29 Å². The maximum absolute atomic E-state index is 12.5. The number of unbranched alkanes of at least 4 members (excludes halogenated alkanes) is 1. The molecule has 0 saturated carbocycles. The van der Waals surface area contributed by atoms with Crippen molar-refractivity contribution in [1.82, 2.24) is 0 Å². The summed E-state index contributed by atoms with van der Waals surface area (Å²) < 4.78 is 12.6. The first-order valence-electron chi connectivity index (χ1n) is 14.2. The van der Waals surface area contributed by atoms with Crippen molar-refractivity contribution in [2.24, 2.45) is 0 Å². The number of anilines is 3. The highest BCUT2D eigenvalue weighted by Crippen LogP contribution is 2.39. The number of benzene rings is 3. The molecule has 2 amide bonds. The Morgan fingerprint density at radius 2 is 1.52 bits per heavy atom. The predicted octanol–water partition coefficient (Wildman–Crippen LogP) is 5.17. The monoisotopic (exact) mass is 593 g/mol. The van der Waals surface area contributed by atoms with Crippen LogP contribution in [0.2, 0.25) is 0 Å². The zero-order valence-electron chi connectivity index (χ0n) is 23.5. The minimum atomic E-state index is -0.580. The first-order chi connectivity index (χ1) is 20.4. The molecule has 1 fully saturated rings. The van der Waals surface area contributed by atoms with Crippen molar-refractivity contribution in [2.75, 3.05) is 34.5 Å². The Kier molecular flexibility index (Phi) is 12.2. The molecule has 3 aromatic carbocycles. The average Bonchev–Trinajstić information content (AvgIpc) is 3.01. The van der Waals surface area contributed by atoms with Gasteiger partial charge in [0, 0.05) is 42.0 Å². The average molecular weight is 594 g/mol. The van der Waals surface area contributed by atoms with Crippen molar-refractivity contribution < 1.29 is 29.3 Å². The van der Waals surface area contributed by atoms with Crippen molar-refractivity contribution in [1.29, 1.82) is 0 Å². The van der Waals surface area contributed by atoms with Gasteiger partial charge < -0.3 is 36.1 Å². The SMILES string of the molecule is Nc1ccccc1NC(=O)CCCCC(=O)Nc1ccc([C@@H]2O[C@H](CSCCO)C[C@H](c3ccc(CO)cc3)O2)cc1.